The molecule has 0 radical (unpaired) electrons. The SMILES string of the molecule is COc1ccc(C2=Cc3cc4[nH]c(cc5nc(cc6[nH]c(cc2n3)cc6-c2ccc3c(c2)Sc2ccccc2N3C)C=C5c2ccc(OC)cc2)cc4-c2ccc3c(c2)Sc2ccccc2N3C)cc1. The van der Waals surface area contributed by atoms with Gasteiger partial charge in [0.2, 0.25) is 0 Å². The van der Waals surface area contributed by atoms with Crippen LogP contribution in [0.25, 0.3) is 67.6 Å². The Kier molecular flexibility index (Phi) is 10.1. The van der Waals surface area contributed by atoms with Gasteiger partial charge in [-0.25, -0.2) is 9.97 Å². The topological polar surface area (TPSA) is 82.3 Å². The van der Waals surface area contributed by atoms with Crippen molar-refractivity contribution in [2.45, 2.75) is 19.6 Å². The number of aromatic amines is 2. The van der Waals surface area contributed by atoms with Crippen molar-refractivity contribution in [2.75, 3.05) is 38.1 Å². The Labute approximate surface area is 414 Å². The molecule has 0 spiro atoms. The average Bonchev–Trinajstić information content (AvgIpc) is 4.19. The Morgan fingerprint density at radius 3 is 1.24 bits per heavy atom. The fraction of sp³-hybridized carbons (Fsp3) is 0.0667. The zero-order chi connectivity index (χ0) is 47.0. The van der Waals surface area contributed by atoms with Crippen LogP contribution < -0.4 is 19.3 Å². The summed E-state index contributed by atoms with van der Waals surface area (Å²) < 4.78 is 11.1. The van der Waals surface area contributed by atoms with E-state index in [1.54, 1.807) is 14.2 Å². The number of fused-ring (bicyclic) bond motifs is 12. The number of hydrogen-bond acceptors (Lipinski definition) is 8. The molecule has 0 fully saturated rings. The fourth-order valence-electron chi connectivity index (χ4n) is 9.93. The molecule has 0 aliphatic carbocycles. The molecule has 2 N–H and O–H groups in total. The molecule has 0 saturated carbocycles. The van der Waals surface area contributed by atoms with E-state index < -0.39 is 0 Å². The normalized spacial score (nSPS) is 13.4. The highest BCUT2D eigenvalue weighted by Crippen LogP contribution is 2.50. The molecule has 4 aliphatic heterocycles. The van der Waals surface area contributed by atoms with Crippen molar-refractivity contribution in [3.8, 4) is 33.8 Å². The second-order valence-electron chi connectivity index (χ2n) is 17.7. The summed E-state index contributed by atoms with van der Waals surface area (Å²) in [5.74, 6) is 1.60. The highest BCUT2D eigenvalue weighted by atomic mass is 32.2. The summed E-state index contributed by atoms with van der Waals surface area (Å²) in [6.45, 7) is 0. The van der Waals surface area contributed by atoms with Crippen molar-refractivity contribution < 1.29 is 9.47 Å². The summed E-state index contributed by atoms with van der Waals surface area (Å²) in [4.78, 5) is 27.9. The molecule has 7 heterocycles. The highest BCUT2D eigenvalue weighted by molar-refractivity contribution is 8.00. The Hall–Kier alpha value is -8.18. The molecule has 10 heteroatoms. The number of aromatic nitrogens is 4. The lowest BCUT2D eigenvalue weighted by atomic mass is 10.0. The summed E-state index contributed by atoms with van der Waals surface area (Å²) >= 11 is 3.62. The summed E-state index contributed by atoms with van der Waals surface area (Å²) in [6.07, 6.45) is 4.37. The van der Waals surface area contributed by atoms with Gasteiger partial charge in [-0.05, 0) is 144 Å². The maximum absolute atomic E-state index is 5.57. The van der Waals surface area contributed by atoms with Crippen LogP contribution in [-0.2, 0) is 0 Å². The quantitative estimate of drug-likeness (QED) is 0.171. The first-order chi connectivity index (χ1) is 34.3. The van der Waals surface area contributed by atoms with E-state index in [0.717, 1.165) is 101 Å². The maximum atomic E-state index is 5.57. The monoisotopic (exact) mass is 944 g/mol. The van der Waals surface area contributed by atoms with Gasteiger partial charge in [-0.15, -0.1) is 0 Å². The first-order valence-electron chi connectivity index (χ1n) is 23.1. The van der Waals surface area contributed by atoms with Crippen molar-refractivity contribution in [3.63, 3.8) is 0 Å². The van der Waals surface area contributed by atoms with E-state index in [9.17, 15) is 0 Å². The van der Waals surface area contributed by atoms with E-state index >= 15 is 0 Å². The summed E-state index contributed by atoms with van der Waals surface area (Å²) in [5, 5.41) is 0. The number of benzene rings is 6. The van der Waals surface area contributed by atoms with Gasteiger partial charge in [0.15, 0.2) is 0 Å². The van der Waals surface area contributed by atoms with Gasteiger partial charge < -0.3 is 29.2 Å². The van der Waals surface area contributed by atoms with Crippen LogP contribution in [0.15, 0.2) is 189 Å². The number of rotatable bonds is 6. The number of ether oxygens (including phenoxy) is 2. The van der Waals surface area contributed by atoms with E-state index in [4.69, 9.17) is 19.4 Å². The molecule has 0 unspecified atom stereocenters. The molecular formula is C60H44N6O2S2. The molecule has 3 aromatic heterocycles. The number of nitrogens with one attached hydrogen (secondary N) is 2. The van der Waals surface area contributed by atoms with Crippen molar-refractivity contribution in [2.24, 2.45) is 0 Å². The molecule has 8 bridgehead atoms. The first-order valence-corrected chi connectivity index (χ1v) is 24.7. The predicted molar refractivity (Wildman–Crippen MR) is 289 cm³/mol. The molecule has 0 atom stereocenters. The second-order valence-corrected chi connectivity index (χ2v) is 19.9. The summed E-state index contributed by atoms with van der Waals surface area (Å²) in [6, 6.07) is 60.3. The second kappa shape index (κ2) is 16.8. The van der Waals surface area contributed by atoms with Crippen molar-refractivity contribution in [1.29, 1.82) is 0 Å². The van der Waals surface area contributed by atoms with Crippen LogP contribution in [0.3, 0.4) is 0 Å². The van der Waals surface area contributed by atoms with Crippen LogP contribution in [-0.4, -0.2) is 48.3 Å². The molecule has 0 saturated heterocycles. The maximum Gasteiger partial charge on any atom is 0.118 e. The molecule has 0 amide bonds. The lowest BCUT2D eigenvalue weighted by molar-refractivity contribution is 0.414. The van der Waals surface area contributed by atoms with E-state index in [1.165, 1.54) is 42.3 Å². The van der Waals surface area contributed by atoms with Gasteiger partial charge in [0.1, 0.15) is 11.5 Å². The minimum atomic E-state index is 0.801. The average molecular weight is 945 g/mol. The number of para-hydroxylation sites is 2. The van der Waals surface area contributed by atoms with Crippen LogP contribution in [0.5, 0.6) is 11.5 Å². The fourth-order valence-corrected chi connectivity index (χ4v) is 12.3. The van der Waals surface area contributed by atoms with Gasteiger partial charge in [0, 0.05) is 78.0 Å². The van der Waals surface area contributed by atoms with Gasteiger partial charge >= 0.3 is 0 Å². The minimum absolute atomic E-state index is 0.801. The van der Waals surface area contributed by atoms with Crippen LogP contribution >= 0.6 is 23.5 Å². The first kappa shape index (κ1) is 42.0. The lowest BCUT2D eigenvalue weighted by Crippen LogP contribution is -2.14. The van der Waals surface area contributed by atoms with Crippen LogP contribution in [0.2, 0.25) is 0 Å². The Balaban J connectivity index is 1.04. The highest BCUT2D eigenvalue weighted by Gasteiger charge is 2.24. The van der Waals surface area contributed by atoms with Crippen molar-refractivity contribution in [1.82, 2.24) is 19.9 Å². The molecule has 338 valence electrons. The number of hydrogen-bond donors (Lipinski definition) is 2. The van der Waals surface area contributed by atoms with E-state index in [1.807, 2.05) is 47.8 Å². The molecular weight excluding hydrogens is 901 g/mol. The van der Waals surface area contributed by atoms with Crippen LogP contribution in [0.4, 0.5) is 22.7 Å². The van der Waals surface area contributed by atoms with E-state index in [-0.39, 0.29) is 0 Å². The van der Waals surface area contributed by atoms with Crippen LogP contribution in [0, 0.1) is 0 Å². The number of nitrogens with zero attached hydrogens (tertiary/aromatic N) is 4. The Morgan fingerprint density at radius 2 is 0.814 bits per heavy atom. The molecule has 9 aromatic rings. The third-order valence-corrected chi connectivity index (χ3v) is 15.7. The van der Waals surface area contributed by atoms with Crippen LogP contribution in [0.1, 0.15) is 33.9 Å². The smallest absolute Gasteiger partial charge is 0.118 e. The van der Waals surface area contributed by atoms with E-state index in [0.29, 0.717) is 0 Å². The molecule has 70 heavy (non-hydrogen) atoms. The largest absolute Gasteiger partial charge is 0.497 e. The third kappa shape index (κ3) is 7.35. The number of methoxy groups -OCH3 is 2. The lowest BCUT2D eigenvalue weighted by Gasteiger charge is -2.29. The van der Waals surface area contributed by atoms with Gasteiger partial charge in [-0.2, -0.15) is 0 Å². The third-order valence-electron chi connectivity index (χ3n) is 13.5. The van der Waals surface area contributed by atoms with E-state index in [2.05, 4.69) is 192 Å². The zero-order valence-electron chi connectivity index (χ0n) is 38.7. The molecule has 8 nitrogen and oxygen atoms in total. The molecule has 6 aromatic carbocycles. The zero-order valence-corrected chi connectivity index (χ0v) is 40.4. The van der Waals surface area contributed by atoms with Gasteiger partial charge in [-0.1, -0.05) is 84.2 Å². The number of anilines is 4. The Morgan fingerprint density at radius 1 is 0.414 bits per heavy atom. The number of H-pyrrole nitrogens is 2. The van der Waals surface area contributed by atoms with Gasteiger partial charge in [0.25, 0.3) is 0 Å². The van der Waals surface area contributed by atoms with Gasteiger partial charge in [0.05, 0.1) is 59.7 Å². The van der Waals surface area contributed by atoms with Gasteiger partial charge in [-0.3, -0.25) is 0 Å². The Bertz CT molecular complexity index is 3600. The summed E-state index contributed by atoms with van der Waals surface area (Å²) in [5.41, 5.74) is 20.4. The standard InChI is InChI=1S/C60H44N6O2S2/c1-65-53-9-5-7-11-57(53)69-59-25-37(17-23-55(59)65)47-29-41-31-49-46(36-15-21-44(68-4)22-16-36)28-40(62-49)34-52-48(38-18-24-56-60(26-38)70-58-12-8-6-10-54(58)66(56)2)30-42(64-52)32-50-45(27-39(61-50)33-51(47)63-41)35-13-19-43(67-3)20-14-35/h5-34,63-64H,1-4H3. The van der Waals surface area contributed by atoms with Crippen molar-refractivity contribution >= 4 is 91.6 Å². The molecule has 13 rings (SSSR count). The summed E-state index contributed by atoms with van der Waals surface area (Å²) in [7, 11) is 7.68. The minimum Gasteiger partial charge on any atom is -0.497 e. The van der Waals surface area contributed by atoms with Crippen molar-refractivity contribution in [3.05, 3.63) is 204 Å². The predicted octanol–water partition coefficient (Wildman–Crippen LogP) is 15.3. The molecule has 4 aliphatic rings.